The van der Waals surface area contributed by atoms with Gasteiger partial charge in [-0.1, -0.05) is 36.8 Å². The van der Waals surface area contributed by atoms with Crippen LogP contribution >= 0.6 is 11.6 Å². The van der Waals surface area contributed by atoms with Gasteiger partial charge in [0.05, 0.1) is 4.90 Å². The molecule has 0 aliphatic heterocycles. The van der Waals surface area contributed by atoms with Crippen molar-refractivity contribution in [3.8, 4) is 17.6 Å². The lowest BCUT2D eigenvalue weighted by Gasteiger charge is -2.22. The summed E-state index contributed by atoms with van der Waals surface area (Å²) < 4.78 is 36.0. The number of benzene rings is 2. The first kappa shape index (κ1) is 27.1. The summed E-state index contributed by atoms with van der Waals surface area (Å²) in [6.45, 7) is 2.74. The normalized spacial score (nSPS) is 15.2. The largest absolute Gasteiger partial charge is 0.481 e. The number of aliphatic carboxylic acids is 1. The van der Waals surface area contributed by atoms with Crippen molar-refractivity contribution in [3.63, 3.8) is 0 Å². The van der Waals surface area contributed by atoms with Gasteiger partial charge in [0.15, 0.2) is 0 Å². The van der Waals surface area contributed by atoms with Crippen LogP contribution in [-0.4, -0.2) is 36.7 Å². The van der Waals surface area contributed by atoms with E-state index in [0.717, 1.165) is 23.0 Å². The van der Waals surface area contributed by atoms with Crippen molar-refractivity contribution < 1.29 is 23.1 Å². The predicted molar refractivity (Wildman–Crippen MR) is 144 cm³/mol. The molecule has 0 radical (unpaired) electrons. The summed E-state index contributed by atoms with van der Waals surface area (Å²) in [4.78, 5) is 12.1. The second-order valence-electron chi connectivity index (χ2n) is 9.38. The van der Waals surface area contributed by atoms with E-state index in [9.17, 15) is 18.3 Å². The van der Waals surface area contributed by atoms with E-state index in [2.05, 4.69) is 21.1 Å². The van der Waals surface area contributed by atoms with Crippen molar-refractivity contribution in [3.05, 3.63) is 59.2 Å². The number of halogens is 1. The van der Waals surface area contributed by atoms with Crippen LogP contribution in [0.25, 0.3) is 10.9 Å². The fraction of sp³-hybridized carbons (Fsp3) is 0.393. The molecule has 1 aliphatic rings. The van der Waals surface area contributed by atoms with Gasteiger partial charge in [0, 0.05) is 35.1 Å². The molecule has 7 nitrogen and oxygen atoms in total. The Balaban J connectivity index is 1.55. The lowest BCUT2D eigenvalue weighted by atomic mass is 9.89. The molecule has 2 N–H and O–H groups in total. The van der Waals surface area contributed by atoms with Gasteiger partial charge in [-0.2, -0.15) is 4.72 Å². The highest BCUT2D eigenvalue weighted by atomic mass is 35.5. The van der Waals surface area contributed by atoms with Gasteiger partial charge >= 0.3 is 5.97 Å². The first-order chi connectivity index (χ1) is 17.8. The summed E-state index contributed by atoms with van der Waals surface area (Å²) in [7, 11) is -4.09. The lowest BCUT2D eigenvalue weighted by molar-refractivity contribution is -0.138. The Bertz CT molecular complexity index is 1410. The zero-order chi connectivity index (χ0) is 26.4. The molecular formula is C28H31ClN2O5S. The maximum absolute atomic E-state index is 13.0. The number of hydrogen-bond donors (Lipinski definition) is 2. The summed E-state index contributed by atoms with van der Waals surface area (Å²) in [5.41, 5.74) is 1.71. The zero-order valence-corrected chi connectivity index (χ0v) is 22.3. The van der Waals surface area contributed by atoms with Crippen molar-refractivity contribution in [1.29, 1.82) is 0 Å². The number of ether oxygens (including phenoxy) is 1. The molecule has 0 bridgehead atoms. The van der Waals surface area contributed by atoms with Gasteiger partial charge in [0.2, 0.25) is 10.0 Å². The number of sulfonamides is 1. The van der Waals surface area contributed by atoms with Gasteiger partial charge in [-0.3, -0.25) is 4.79 Å². The van der Waals surface area contributed by atoms with E-state index in [0.29, 0.717) is 16.7 Å². The maximum atomic E-state index is 13.0. The van der Waals surface area contributed by atoms with Crippen LogP contribution in [0.4, 0.5) is 0 Å². The predicted octanol–water partition coefficient (Wildman–Crippen LogP) is 5.25. The molecule has 1 saturated carbocycles. The van der Waals surface area contributed by atoms with Gasteiger partial charge in [0.25, 0.3) is 0 Å². The standard InChI is InChI=1S/C28H31ClN2O5S/c1-2-3-15-36-23-10-12-24(13-11-23)37(34,35)30-26(28(32)33)16-21-19-31(18-20-7-5-4-6-8-20)27-14-9-22(29)17-25(21)27/h9-14,17,19-20,26,30H,4-8,15-16,18H2,1H3,(H,32,33)/t26-/m0/s1. The van der Waals surface area contributed by atoms with Crippen LogP contribution in [0, 0.1) is 17.8 Å². The highest BCUT2D eigenvalue weighted by Gasteiger charge is 2.27. The van der Waals surface area contributed by atoms with Crippen LogP contribution in [0.5, 0.6) is 5.75 Å². The van der Waals surface area contributed by atoms with Gasteiger partial charge in [0.1, 0.15) is 18.4 Å². The van der Waals surface area contributed by atoms with Crippen LogP contribution in [0.1, 0.15) is 44.6 Å². The molecule has 0 unspecified atom stereocenters. The van der Waals surface area contributed by atoms with E-state index >= 15 is 0 Å². The Morgan fingerprint density at radius 3 is 2.59 bits per heavy atom. The van der Waals surface area contributed by atoms with Crippen LogP contribution in [0.3, 0.4) is 0 Å². The third kappa shape index (κ3) is 6.86. The van der Waals surface area contributed by atoms with Crippen LogP contribution in [0.15, 0.2) is 53.6 Å². The Hall–Kier alpha value is -2.99. The third-order valence-corrected chi connectivity index (χ3v) is 8.47. The second kappa shape index (κ2) is 12.0. The van der Waals surface area contributed by atoms with Gasteiger partial charge in [-0.05, 0) is 73.7 Å². The molecule has 1 aliphatic carbocycles. The third-order valence-electron chi connectivity index (χ3n) is 6.75. The molecule has 0 saturated heterocycles. The van der Waals surface area contributed by atoms with E-state index in [-0.39, 0.29) is 17.9 Å². The SMILES string of the molecule is CC#CCOc1ccc(S(=O)(=O)N[C@@H](Cc2cn(CC3CCCCC3)c3ccc(Cl)cc23)C(=O)O)cc1. The summed E-state index contributed by atoms with van der Waals surface area (Å²) in [6.07, 6.45) is 8.02. The topological polar surface area (TPSA) is 97.6 Å². The maximum Gasteiger partial charge on any atom is 0.322 e. The molecule has 37 heavy (non-hydrogen) atoms. The Morgan fingerprint density at radius 1 is 1.19 bits per heavy atom. The van der Waals surface area contributed by atoms with Gasteiger partial charge in [-0.25, -0.2) is 8.42 Å². The molecule has 1 heterocycles. The molecular weight excluding hydrogens is 512 g/mol. The minimum Gasteiger partial charge on any atom is -0.481 e. The monoisotopic (exact) mass is 542 g/mol. The van der Waals surface area contributed by atoms with Crippen LogP contribution in [-0.2, 0) is 27.8 Å². The van der Waals surface area contributed by atoms with Crippen molar-refractivity contribution in [2.75, 3.05) is 6.61 Å². The number of nitrogens with one attached hydrogen (secondary N) is 1. The fourth-order valence-electron chi connectivity index (χ4n) is 4.87. The summed E-state index contributed by atoms with van der Waals surface area (Å²) in [5.74, 6) is 5.27. The Morgan fingerprint density at radius 2 is 1.92 bits per heavy atom. The van der Waals surface area contributed by atoms with Gasteiger partial charge in [-0.15, -0.1) is 5.92 Å². The van der Waals surface area contributed by atoms with E-state index in [4.69, 9.17) is 16.3 Å². The summed E-state index contributed by atoms with van der Waals surface area (Å²) >= 11 is 6.28. The highest BCUT2D eigenvalue weighted by molar-refractivity contribution is 7.89. The van der Waals surface area contributed by atoms with E-state index in [1.807, 2.05) is 24.4 Å². The molecule has 4 rings (SSSR count). The Labute approximate surface area is 222 Å². The number of rotatable bonds is 10. The quantitative estimate of drug-likeness (QED) is 0.341. The van der Waals surface area contributed by atoms with Crippen molar-refractivity contribution >= 4 is 38.5 Å². The number of carbonyl (C=O) groups is 1. The second-order valence-corrected chi connectivity index (χ2v) is 11.5. The number of aromatic nitrogens is 1. The molecule has 2 aromatic carbocycles. The fourth-order valence-corrected chi connectivity index (χ4v) is 6.23. The Kier molecular flexibility index (Phi) is 8.80. The summed E-state index contributed by atoms with van der Waals surface area (Å²) in [6, 6.07) is 10.0. The highest BCUT2D eigenvalue weighted by Crippen LogP contribution is 2.30. The molecule has 9 heteroatoms. The van der Waals surface area contributed by atoms with Crippen molar-refractivity contribution in [2.45, 2.75) is 62.9 Å². The average molecular weight is 543 g/mol. The number of hydrogen-bond acceptors (Lipinski definition) is 4. The van der Waals surface area contributed by atoms with Crippen LogP contribution in [0.2, 0.25) is 5.02 Å². The number of nitrogens with zero attached hydrogens (tertiary/aromatic N) is 1. The molecule has 1 aromatic heterocycles. The molecule has 196 valence electrons. The number of fused-ring (bicyclic) bond motifs is 1. The van der Waals surface area contributed by atoms with Crippen LogP contribution < -0.4 is 9.46 Å². The van der Waals surface area contributed by atoms with E-state index < -0.39 is 22.0 Å². The first-order valence-corrected chi connectivity index (χ1v) is 14.3. The zero-order valence-electron chi connectivity index (χ0n) is 20.7. The van der Waals surface area contributed by atoms with Crippen molar-refractivity contribution in [2.24, 2.45) is 5.92 Å². The lowest BCUT2D eigenvalue weighted by Crippen LogP contribution is -2.42. The van der Waals surface area contributed by atoms with E-state index in [1.54, 1.807) is 6.92 Å². The number of carboxylic acid groups (broad SMARTS) is 1. The molecule has 0 amide bonds. The molecule has 0 spiro atoms. The summed E-state index contributed by atoms with van der Waals surface area (Å²) in [5, 5.41) is 11.3. The minimum atomic E-state index is -4.09. The van der Waals surface area contributed by atoms with E-state index in [1.165, 1.54) is 56.4 Å². The molecule has 3 aromatic rings. The smallest absolute Gasteiger partial charge is 0.322 e. The first-order valence-electron chi connectivity index (χ1n) is 12.4. The molecule has 1 fully saturated rings. The van der Waals surface area contributed by atoms with Crippen molar-refractivity contribution in [1.82, 2.24) is 9.29 Å². The van der Waals surface area contributed by atoms with Gasteiger partial charge < -0.3 is 14.4 Å². The average Bonchev–Trinajstić information content (AvgIpc) is 3.20. The molecule has 1 atom stereocenters. The minimum absolute atomic E-state index is 0.0139. The number of carboxylic acids is 1.